The van der Waals surface area contributed by atoms with Crippen LogP contribution in [0.25, 0.3) is 0 Å². The molecule has 0 aromatic heterocycles. The maximum absolute atomic E-state index is 12.2. The van der Waals surface area contributed by atoms with Gasteiger partial charge in [-0.25, -0.2) is 17.5 Å². The highest BCUT2D eigenvalue weighted by Gasteiger charge is 2.30. The Bertz CT molecular complexity index is 561. The summed E-state index contributed by atoms with van der Waals surface area (Å²) in [7, 11) is -4.45. The number of benzene rings is 1. The van der Waals surface area contributed by atoms with Gasteiger partial charge in [0.25, 0.3) is 10.0 Å². The second kappa shape index (κ2) is 5.83. The molecule has 1 amide bonds. The molecule has 0 heterocycles. The van der Waals surface area contributed by atoms with Crippen molar-refractivity contribution in [1.29, 1.82) is 0 Å². The first-order chi connectivity index (χ1) is 8.80. The van der Waals surface area contributed by atoms with E-state index in [1.807, 2.05) is 0 Å². The van der Waals surface area contributed by atoms with Gasteiger partial charge in [0, 0.05) is 6.54 Å². The number of carboxylic acid groups (broad SMARTS) is 1. The molecular formula is C10H11F2NO5S. The zero-order chi connectivity index (χ0) is 14.6. The van der Waals surface area contributed by atoms with Crippen LogP contribution >= 0.6 is 0 Å². The number of para-hydroxylation sites is 1. The maximum Gasteiger partial charge on any atom is 0.421 e. The van der Waals surface area contributed by atoms with Crippen LogP contribution in [0.1, 0.15) is 6.92 Å². The topological polar surface area (TPSA) is 83.9 Å². The first-order valence-corrected chi connectivity index (χ1v) is 6.54. The maximum atomic E-state index is 12.2. The minimum Gasteiger partial charge on any atom is -0.464 e. The number of carbonyl (C=O) groups is 1. The fourth-order valence-corrected chi connectivity index (χ4v) is 2.79. The van der Waals surface area contributed by atoms with Crippen LogP contribution in [0.3, 0.4) is 0 Å². The van der Waals surface area contributed by atoms with Gasteiger partial charge in [0.15, 0.2) is 0 Å². The van der Waals surface area contributed by atoms with Crippen LogP contribution in [0.4, 0.5) is 13.6 Å². The second-order valence-electron chi connectivity index (χ2n) is 3.28. The number of hydrogen-bond donors (Lipinski definition) is 1. The summed E-state index contributed by atoms with van der Waals surface area (Å²) in [6.45, 7) is -2.25. The third-order valence-corrected chi connectivity index (χ3v) is 4.02. The Kier molecular flexibility index (Phi) is 4.65. The van der Waals surface area contributed by atoms with Crippen molar-refractivity contribution in [3.63, 3.8) is 0 Å². The van der Waals surface area contributed by atoms with Gasteiger partial charge in [0.2, 0.25) is 0 Å². The quantitative estimate of drug-likeness (QED) is 0.898. The molecular weight excluding hydrogens is 284 g/mol. The molecule has 19 heavy (non-hydrogen) atoms. The number of ether oxygens (including phenoxy) is 1. The number of hydrogen-bond acceptors (Lipinski definition) is 4. The van der Waals surface area contributed by atoms with Crippen LogP contribution in [-0.2, 0) is 10.0 Å². The Labute approximate surface area is 108 Å². The number of sulfonamides is 1. The van der Waals surface area contributed by atoms with Crippen LogP contribution in [-0.4, -0.2) is 37.1 Å². The van der Waals surface area contributed by atoms with Crippen LogP contribution in [0.2, 0.25) is 0 Å². The zero-order valence-electron chi connectivity index (χ0n) is 9.79. The molecule has 0 unspecified atom stereocenters. The summed E-state index contributed by atoms with van der Waals surface area (Å²) in [4.78, 5) is 10.2. The molecule has 1 aromatic carbocycles. The van der Waals surface area contributed by atoms with Gasteiger partial charge in [0.05, 0.1) is 0 Å². The van der Waals surface area contributed by atoms with E-state index < -0.39 is 33.4 Å². The van der Waals surface area contributed by atoms with E-state index in [2.05, 4.69) is 4.74 Å². The Balaban J connectivity index is 3.32. The van der Waals surface area contributed by atoms with Crippen molar-refractivity contribution < 1.29 is 31.8 Å². The predicted octanol–water partition coefficient (Wildman–Crippen LogP) is 1.98. The van der Waals surface area contributed by atoms with Crippen molar-refractivity contribution >= 4 is 16.1 Å². The molecule has 0 bridgehead atoms. The van der Waals surface area contributed by atoms with Crippen molar-refractivity contribution in [3.05, 3.63) is 24.3 Å². The number of rotatable bonds is 5. The van der Waals surface area contributed by atoms with Gasteiger partial charge in [-0.15, -0.1) is 0 Å². The summed E-state index contributed by atoms with van der Waals surface area (Å²) >= 11 is 0. The molecule has 6 nitrogen and oxygen atoms in total. The lowest BCUT2D eigenvalue weighted by atomic mass is 10.3. The number of alkyl halides is 2. The van der Waals surface area contributed by atoms with Gasteiger partial charge in [-0.05, 0) is 19.1 Å². The first-order valence-electron chi connectivity index (χ1n) is 5.10. The van der Waals surface area contributed by atoms with Crippen LogP contribution in [0.5, 0.6) is 5.75 Å². The lowest BCUT2D eigenvalue weighted by Crippen LogP contribution is -2.35. The highest BCUT2D eigenvalue weighted by atomic mass is 32.2. The number of nitrogens with zero attached hydrogens (tertiary/aromatic N) is 1. The molecule has 1 rings (SSSR count). The molecule has 0 spiro atoms. The molecule has 106 valence electrons. The van der Waals surface area contributed by atoms with Gasteiger partial charge in [-0.3, -0.25) is 0 Å². The van der Waals surface area contributed by atoms with Crippen molar-refractivity contribution in [3.8, 4) is 5.75 Å². The molecule has 1 aromatic rings. The zero-order valence-corrected chi connectivity index (χ0v) is 10.6. The molecule has 0 fully saturated rings. The summed E-state index contributed by atoms with van der Waals surface area (Å²) < 4.78 is 52.6. The fourth-order valence-electron chi connectivity index (χ4n) is 1.38. The van der Waals surface area contributed by atoms with Gasteiger partial charge in [-0.1, -0.05) is 12.1 Å². The SMILES string of the molecule is CCN(C(=O)O)S(=O)(=O)c1ccccc1OC(F)F. The molecule has 0 saturated carbocycles. The van der Waals surface area contributed by atoms with Crippen molar-refractivity contribution in [1.82, 2.24) is 4.31 Å². The molecule has 0 aliphatic heterocycles. The van der Waals surface area contributed by atoms with E-state index >= 15 is 0 Å². The van der Waals surface area contributed by atoms with E-state index in [1.54, 1.807) is 0 Å². The highest BCUT2D eigenvalue weighted by molar-refractivity contribution is 7.89. The Morgan fingerprint density at radius 3 is 2.47 bits per heavy atom. The lowest BCUT2D eigenvalue weighted by molar-refractivity contribution is -0.0517. The van der Waals surface area contributed by atoms with Gasteiger partial charge < -0.3 is 9.84 Å². The smallest absolute Gasteiger partial charge is 0.421 e. The second-order valence-corrected chi connectivity index (χ2v) is 5.11. The summed E-state index contributed by atoms with van der Waals surface area (Å²) in [5, 5.41) is 8.80. The molecule has 1 N–H and O–H groups in total. The van der Waals surface area contributed by atoms with Crippen LogP contribution < -0.4 is 4.74 Å². The largest absolute Gasteiger partial charge is 0.464 e. The molecule has 0 atom stereocenters. The van der Waals surface area contributed by atoms with Crippen LogP contribution in [0, 0.1) is 0 Å². The van der Waals surface area contributed by atoms with Gasteiger partial charge in [0.1, 0.15) is 10.6 Å². The standard InChI is InChI=1S/C10H11F2NO5S/c1-2-13(10(14)15)19(16,17)8-6-4-3-5-7(8)18-9(11)12/h3-6,9H,2H2,1H3,(H,14,15). The summed E-state index contributed by atoms with van der Waals surface area (Å²) in [5.74, 6) is -0.600. The summed E-state index contributed by atoms with van der Waals surface area (Å²) in [6, 6.07) is 4.60. The fraction of sp³-hybridized carbons (Fsp3) is 0.300. The molecule has 0 saturated heterocycles. The van der Waals surface area contributed by atoms with E-state index in [4.69, 9.17) is 5.11 Å². The van der Waals surface area contributed by atoms with Crippen molar-refractivity contribution in [2.45, 2.75) is 18.4 Å². The molecule has 0 aliphatic carbocycles. The van der Waals surface area contributed by atoms with E-state index in [0.717, 1.165) is 12.1 Å². The van der Waals surface area contributed by atoms with E-state index in [1.165, 1.54) is 19.1 Å². The average molecular weight is 295 g/mol. The van der Waals surface area contributed by atoms with Gasteiger partial charge >= 0.3 is 12.7 Å². The minimum atomic E-state index is -4.45. The molecule has 0 aliphatic rings. The van der Waals surface area contributed by atoms with E-state index in [9.17, 15) is 22.0 Å². The van der Waals surface area contributed by atoms with E-state index in [-0.39, 0.29) is 10.8 Å². The highest BCUT2D eigenvalue weighted by Crippen LogP contribution is 2.27. The third kappa shape index (κ3) is 3.31. The summed E-state index contributed by atoms with van der Waals surface area (Å²) in [5.41, 5.74) is 0. The van der Waals surface area contributed by atoms with Crippen LogP contribution in [0.15, 0.2) is 29.2 Å². The van der Waals surface area contributed by atoms with E-state index in [0.29, 0.717) is 0 Å². The third-order valence-electron chi connectivity index (χ3n) is 2.13. The lowest BCUT2D eigenvalue weighted by Gasteiger charge is -2.19. The Hall–Kier alpha value is -1.90. The average Bonchev–Trinajstić information content (AvgIpc) is 2.28. The normalized spacial score (nSPS) is 11.4. The first kappa shape index (κ1) is 15.2. The monoisotopic (exact) mass is 295 g/mol. The summed E-state index contributed by atoms with van der Waals surface area (Å²) in [6.07, 6.45) is -1.70. The molecule has 0 radical (unpaired) electrons. The predicted molar refractivity (Wildman–Crippen MR) is 60.7 cm³/mol. The minimum absolute atomic E-state index is 0.140. The van der Waals surface area contributed by atoms with Gasteiger partial charge in [-0.2, -0.15) is 8.78 Å². The Morgan fingerprint density at radius 1 is 1.42 bits per heavy atom. The number of amides is 1. The van der Waals surface area contributed by atoms with Crippen molar-refractivity contribution in [2.24, 2.45) is 0 Å². The Morgan fingerprint density at radius 2 is 2.00 bits per heavy atom. The molecule has 9 heteroatoms. The van der Waals surface area contributed by atoms with Crippen molar-refractivity contribution in [2.75, 3.05) is 6.54 Å². The number of halogens is 2.